The summed E-state index contributed by atoms with van der Waals surface area (Å²) in [6.45, 7) is 3.00. The zero-order chi connectivity index (χ0) is 26.2. The molecular formula is C29H29N3O5. The fourth-order valence-corrected chi connectivity index (χ4v) is 4.01. The number of aromatic amines is 1. The van der Waals surface area contributed by atoms with Crippen LogP contribution in [0.15, 0.2) is 72.9 Å². The molecule has 4 rings (SSSR count). The summed E-state index contributed by atoms with van der Waals surface area (Å²) < 4.78 is 5.94. The van der Waals surface area contributed by atoms with Gasteiger partial charge in [0, 0.05) is 35.3 Å². The van der Waals surface area contributed by atoms with Gasteiger partial charge in [-0.2, -0.15) is 0 Å². The normalized spacial score (nSPS) is 11.3. The number of ether oxygens (including phenoxy) is 1. The number of carbonyl (C=O) groups excluding carboxylic acids is 1. The molecule has 0 fully saturated rings. The molecule has 0 amide bonds. The van der Waals surface area contributed by atoms with E-state index < -0.39 is 6.61 Å². The Morgan fingerprint density at radius 1 is 1.11 bits per heavy atom. The number of hydrogen-bond acceptors (Lipinski definition) is 6. The molecule has 0 aliphatic carbocycles. The number of nitrogens with one attached hydrogen (secondary N) is 2. The molecule has 0 atom stereocenters. The molecule has 190 valence electrons. The molecule has 8 nitrogen and oxygen atoms in total. The van der Waals surface area contributed by atoms with Crippen LogP contribution in [-0.4, -0.2) is 33.9 Å². The molecule has 3 aromatic carbocycles. The number of hydrogen-bond donors (Lipinski definition) is 3. The molecule has 4 aromatic rings. The van der Waals surface area contributed by atoms with Gasteiger partial charge in [-0.3, -0.25) is 14.9 Å². The van der Waals surface area contributed by atoms with Crippen LogP contribution in [0.1, 0.15) is 27.8 Å². The third kappa shape index (κ3) is 6.91. The van der Waals surface area contributed by atoms with Crippen LogP contribution < -0.4 is 10.1 Å². The lowest BCUT2D eigenvalue weighted by molar-refractivity contribution is -0.385. The third-order valence-electron chi connectivity index (χ3n) is 6.11. The highest BCUT2D eigenvalue weighted by Crippen LogP contribution is 2.26. The van der Waals surface area contributed by atoms with Gasteiger partial charge in [0.15, 0.2) is 5.78 Å². The highest BCUT2D eigenvalue weighted by atomic mass is 16.6. The summed E-state index contributed by atoms with van der Waals surface area (Å²) in [6, 6.07) is 18.9. The number of rotatable bonds is 12. The maximum absolute atomic E-state index is 11.2. The Labute approximate surface area is 214 Å². The highest BCUT2D eigenvalue weighted by molar-refractivity contribution is 5.94. The van der Waals surface area contributed by atoms with Crippen molar-refractivity contribution < 1.29 is 19.6 Å². The predicted octanol–water partition coefficient (Wildman–Crippen LogP) is 4.87. The number of aliphatic hydroxyl groups excluding tert-OH is 1. The number of nitro groups is 1. The van der Waals surface area contributed by atoms with Crippen LogP contribution in [-0.2, 0) is 24.4 Å². The second-order valence-corrected chi connectivity index (χ2v) is 8.81. The zero-order valence-corrected chi connectivity index (χ0v) is 20.6. The van der Waals surface area contributed by atoms with Crippen LogP contribution in [0.4, 0.5) is 5.69 Å². The molecule has 1 heterocycles. The van der Waals surface area contributed by atoms with E-state index in [9.17, 15) is 14.9 Å². The summed E-state index contributed by atoms with van der Waals surface area (Å²) in [5.74, 6) is 0.388. The summed E-state index contributed by atoms with van der Waals surface area (Å²) in [6.07, 6.45) is 5.90. The number of benzene rings is 3. The van der Waals surface area contributed by atoms with Gasteiger partial charge in [-0.05, 0) is 66.4 Å². The average molecular weight is 500 g/mol. The van der Waals surface area contributed by atoms with Gasteiger partial charge in [0.2, 0.25) is 0 Å². The minimum Gasteiger partial charge on any atom is -0.489 e. The average Bonchev–Trinajstić information content (AvgIpc) is 3.31. The maximum Gasteiger partial charge on any atom is 0.272 e. The molecule has 0 aliphatic rings. The number of carbonyl (C=O) groups is 1. The van der Waals surface area contributed by atoms with Crippen LogP contribution >= 0.6 is 0 Å². The van der Waals surface area contributed by atoms with Gasteiger partial charge < -0.3 is 20.1 Å². The molecule has 0 aliphatic heterocycles. The number of aryl methyl sites for hydroxylation is 1. The van der Waals surface area contributed by atoms with Crippen molar-refractivity contribution in [3.8, 4) is 5.75 Å². The smallest absolute Gasteiger partial charge is 0.272 e. The summed E-state index contributed by atoms with van der Waals surface area (Å²) in [4.78, 5) is 25.3. The van der Waals surface area contributed by atoms with Crippen LogP contribution in [0.2, 0.25) is 0 Å². The molecule has 0 spiro atoms. The van der Waals surface area contributed by atoms with E-state index in [0.717, 1.165) is 47.1 Å². The van der Waals surface area contributed by atoms with Crippen LogP contribution in [0.3, 0.4) is 0 Å². The second kappa shape index (κ2) is 12.1. The number of aromatic nitrogens is 1. The van der Waals surface area contributed by atoms with Gasteiger partial charge in [-0.15, -0.1) is 0 Å². The molecular weight excluding hydrogens is 470 g/mol. The number of H-pyrrole nitrogens is 1. The van der Waals surface area contributed by atoms with E-state index in [4.69, 9.17) is 9.84 Å². The van der Waals surface area contributed by atoms with E-state index in [1.165, 1.54) is 11.6 Å². The largest absolute Gasteiger partial charge is 0.489 e. The van der Waals surface area contributed by atoms with Gasteiger partial charge in [0.25, 0.3) is 5.69 Å². The topological polar surface area (TPSA) is 117 Å². The van der Waals surface area contributed by atoms with E-state index in [0.29, 0.717) is 11.3 Å². The van der Waals surface area contributed by atoms with E-state index in [2.05, 4.69) is 10.3 Å². The summed E-state index contributed by atoms with van der Waals surface area (Å²) >= 11 is 0. The Kier molecular flexibility index (Phi) is 8.45. The Balaban J connectivity index is 1.31. The van der Waals surface area contributed by atoms with Crippen LogP contribution in [0.25, 0.3) is 17.0 Å². The first-order valence-electron chi connectivity index (χ1n) is 12.0. The maximum atomic E-state index is 11.2. The van der Waals surface area contributed by atoms with Crippen molar-refractivity contribution in [3.05, 3.63) is 111 Å². The van der Waals surface area contributed by atoms with Gasteiger partial charge >= 0.3 is 0 Å². The fraction of sp³-hybridized carbons (Fsp3) is 0.207. The molecule has 1 aromatic heterocycles. The minimum absolute atomic E-state index is 0.0966. The number of nitro benzene ring substituents is 1. The van der Waals surface area contributed by atoms with Crippen LogP contribution in [0.5, 0.6) is 5.75 Å². The predicted molar refractivity (Wildman–Crippen MR) is 143 cm³/mol. The monoisotopic (exact) mass is 499 g/mol. The van der Waals surface area contributed by atoms with Gasteiger partial charge in [-0.25, -0.2) is 0 Å². The molecule has 0 saturated carbocycles. The third-order valence-corrected chi connectivity index (χ3v) is 6.11. The molecule has 0 bridgehead atoms. The van der Waals surface area contributed by atoms with Crippen molar-refractivity contribution in [2.75, 3.05) is 13.2 Å². The van der Waals surface area contributed by atoms with Gasteiger partial charge in [0.1, 0.15) is 19.0 Å². The van der Waals surface area contributed by atoms with Gasteiger partial charge in [-0.1, -0.05) is 42.5 Å². The van der Waals surface area contributed by atoms with Crippen molar-refractivity contribution in [2.45, 2.75) is 26.5 Å². The first-order valence-corrected chi connectivity index (χ1v) is 12.0. The van der Waals surface area contributed by atoms with Crippen molar-refractivity contribution in [1.29, 1.82) is 0 Å². The van der Waals surface area contributed by atoms with Crippen molar-refractivity contribution in [2.24, 2.45) is 0 Å². The second-order valence-electron chi connectivity index (χ2n) is 8.81. The summed E-state index contributed by atoms with van der Waals surface area (Å²) in [5, 5.41) is 24.5. The Morgan fingerprint density at radius 3 is 2.65 bits per heavy atom. The number of ketones is 1. The lowest BCUT2D eigenvalue weighted by atomic mass is 10.1. The molecule has 3 N–H and O–H groups in total. The van der Waals surface area contributed by atoms with E-state index in [-0.39, 0.29) is 23.0 Å². The number of nitrogens with zero attached hydrogens (tertiary/aromatic N) is 1. The minimum atomic E-state index is -0.483. The van der Waals surface area contributed by atoms with Crippen LogP contribution in [0, 0.1) is 17.0 Å². The first-order chi connectivity index (χ1) is 17.9. The Hall–Kier alpha value is -4.27. The van der Waals surface area contributed by atoms with Crippen molar-refractivity contribution in [1.82, 2.24) is 10.3 Å². The summed E-state index contributed by atoms with van der Waals surface area (Å²) in [5.41, 5.74) is 5.71. The van der Waals surface area contributed by atoms with E-state index >= 15 is 0 Å². The number of fused-ring (bicyclic) bond motifs is 1. The van der Waals surface area contributed by atoms with E-state index in [1.807, 2.05) is 54.7 Å². The quantitative estimate of drug-likeness (QED) is 0.111. The first kappa shape index (κ1) is 25.8. The fourth-order valence-electron chi connectivity index (χ4n) is 4.01. The van der Waals surface area contributed by atoms with Crippen molar-refractivity contribution >= 4 is 28.4 Å². The van der Waals surface area contributed by atoms with E-state index in [1.54, 1.807) is 25.1 Å². The van der Waals surface area contributed by atoms with Crippen molar-refractivity contribution in [3.63, 3.8) is 0 Å². The Bertz CT molecular complexity index is 1420. The Morgan fingerprint density at radius 2 is 1.89 bits per heavy atom. The zero-order valence-electron chi connectivity index (χ0n) is 20.6. The molecule has 0 unspecified atom stereocenters. The lowest BCUT2D eigenvalue weighted by Crippen LogP contribution is -2.16. The highest BCUT2D eigenvalue weighted by Gasteiger charge is 2.12. The molecule has 8 heteroatoms. The SMILES string of the molecule is Cc1ccc(COc2ccc3[nH]cc(CCNCc4ccc(/C=C/C(=O)CO)cc4)c3c2)cc1[N+](=O)[O-]. The summed E-state index contributed by atoms with van der Waals surface area (Å²) in [7, 11) is 0. The molecule has 0 radical (unpaired) electrons. The molecule has 0 saturated heterocycles. The standard InChI is InChI=1S/C29H29N3O5/c1-20-2-3-23(14-29(20)32(35)36)19-37-26-10-11-28-27(15-26)24(17-31-28)12-13-30-16-22-6-4-21(5-7-22)8-9-25(34)18-33/h2-11,14-15,17,30-31,33H,12-13,16,18-19H2,1H3/b9-8+. The number of aliphatic hydroxyl groups is 1. The van der Waals surface area contributed by atoms with Gasteiger partial charge in [0.05, 0.1) is 4.92 Å². The lowest BCUT2D eigenvalue weighted by Gasteiger charge is -2.08. The molecule has 37 heavy (non-hydrogen) atoms.